The van der Waals surface area contributed by atoms with Gasteiger partial charge in [0, 0.05) is 0 Å². The van der Waals surface area contributed by atoms with E-state index in [1.54, 1.807) is 42.5 Å². The van der Waals surface area contributed by atoms with Crippen molar-refractivity contribution in [2.45, 2.75) is 0 Å². The van der Waals surface area contributed by atoms with Gasteiger partial charge in [0.2, 0.25) is 0 Å². The number of nitrogens with two attached hydrogens (primary N) is 1. The molecule has 3 nitrogen and oxygen atoms in total. The average molecular weight is 239 g/mol. The van der Waals surface area contributed by atoms with Crippen molar-refractivity contribution in [1.29, 1.82) is 0 Å². The standard InChI is InChI=1S/C15H13NO2/c16-11-10-12-6-8-14(9-7-12)18-15(17)13-4-2-1-3-5-13/h1-11H,16H2. The molecule has 0 saturated carbocycles. The average Bonchev–Trinajstić information content (AvgIpc) is 2.42. The Morgan fingerprint density at radius 1 is 1.00 bits per heavy atom. The summed E-state index contributed by atoms with van der Waals surface area (Å²) in [6.07, 6.45) is 3.23. The summed E-state index contributed by atoms with van der Waals surface area (Å²) in [5.41, 5.74) is 6.78. The van der Waals surface area contributed by atoms with E-state index in [-0.39, 0.29) is 5.97 Å². The summed E-state index contributed by atoms with van der Waals surface area (Å²) in [6.45, 7) is 0. The molecule has 0 amide bonds. The summed E-state index contributed by atoms with van der Waals surface area (Å²) in [7, 11) is 0. The fourth-order valence-corrected chi connectivity index (χ4v) is 1.50. The van der Waals surface area contributed by atoms with Gasteiger partial charge in [0.1, 0.15) is 5.75 Å². The summed E-state index contributed by atoms with van der Waals surface area (Å²) >= 11 is 0. The van der Waals surface area contributed by atoms with Gasteiger partial charge >= 0.3 is 5.97 Å². The monoisotopic (exact) mass is 239 g/mol. The highest BCUT2D eigenvalue weighted by atomic mass is 16.5. The number of esters is 1. The van der Waals surface area contributed by atoms with Crippen molar-refractivity contribution < 1.29 is 9.53 Å². The number of hydrogen-bond acceptors (Lipinski definition) is 3. The predicted molar refractivity (Wildman–Crippen MR) is 71.1 cm³/mol. The fraction of sp³-hybridized carbons (Fsp3) is 0. The summed E-state index contributed by atoms with van der Waals surface area (Å²) in [6, 6.07) is 16.0. The highest BCUT2D eigenvalue weighted by Gasteiger charge is 2.06. The summed E-state index contributed by atoms with van der Waals surface area (Å²) < 4.78 is 5.24. The van der Waals surface area contributed by atoms with Crippen molar-refractivity contribution in [2.24, 2.45) is 5.73 Å². The second kappa shape index (κ2) is 5.68. The van der Waals surface area contributed by atoms with E-state index in [1.165, 1.54) is 6.20 Å². The summed E-state index contributed by atoms with van der Waals surface area (Å²) in [4.78, 5) is 11.8. The van der Waals surface area contributed by atoms with Crippen molar-refractivity contribution >= 4 is 12.0 Å². The zero-order valence-corrected chi connectivity index (χ0v) is 9.74. The lowest BCUT2D eigenvalue weighted by Crippen LogP contribution is -2.07. The molecule has 0 aliphatic heterocycles. The van der Waals surface area contributed by atoms with Crippen molar-refractivity contribution in [3.8, 4) is 5.75 Å². The zero-order valence-electron chi connectivity index (χ0n) is 9.74. The molecule has 0 aromatic heterocycles. The second-order valence-corrected chi connectivity index (χ2v) is 3.68. The van der Waals surface area contributed by atoms with E-state index in [0.717, 1.165) is 5.56 Å². The molecular weight excluding hydrogens is 226 g/mol. The Labute approximate surface area is 106 Å². The van der Waals surface area contributed by atoms with Crippen LogP contribution in [0.25, 0.3) is 6.08 Å². The van der Waals surface area contributed by atoms with Gasteiger partial charge in [0.05, 0.1) is 5.56 Å². The number of rotatable bonds is 3. The third-order valence-electron chi connectivity index (χ3n) is 2.39. The van der Waals surface area contributed by atoms with Crippen LogP contribution in [0.5, 0.6) is 5.75 Å². The lowest BCUT2D eigenvalue weighted by molar-refractivity contribution is 0.0735. The van der Waals surface area contributed by atoms with E-state index in [4.69, 9.17) is 10.5 Å². The Balaban J connectivity index is 2.08. The van der Waals surface area contributed by atoms with Crippen LogP contribution in [-0.4, -0.2) is 5.97 Å². The lowest BCUT2D eigenvalue weighted by Gasteiger charge is -2.04. The molecule has 2 rings (SSSR count). The van der Waals surface area contributed by atoms with Crippen LogP contribution in [0.15, 0.2) is 60.8 Å². The molecule has 0 atom stereocenters. The number of carbonyl (C=O) groups excluding carboxylic acids is 1. The molecule has 0 aliphatic carbocycles. The first-order valence-electron chi connectivity index (χ1n) is 5.55. The third-order valence-corrected chi connectivity index (χ3v) is 2.39. The molecule has 0 radical (unpaired) electrons. The Morgan fingerprint density at radius 3 is 2.28 bits per heavy atom. The first-order valence-corrected chi connectivity index (χ1v) is 5.55. The number of ether oxygens (including phenoxy) is 1. The molecule has 2 aromatic carbocycles. The van der Waals surface area contributed by atoms with Crippen LogP contribution in [0.3, 0.4) is 0 Å². The Morgan fingerprint density at radius 2 is 1.67 bits per heavy atom. The van der Waals surface area contributed by atoms with Crippen LogP contribution in [0.4, 0.5) is 0 Å². The summed E-state index contributed by atoms with van der Waals surface area (Å²) in [5, 5.41) is 0. The van der Waals surface area contributed by atoms with E-state index in [1.807, 2.05) is 18.2 Å². The van der Waals surface area contributed by atoms with Crippen molar-refractivity contribution in [1.82, 2.24) is 0 Å². The van der Waals surface area contributed by atoms with Crippen LogP contribution in [0, 0.1) is 0 Å². The minimum atomic E-state index is -0.363. The number of carbonyl (C=O) groups is 1. The van der Waals surface area contributed by atoms with Crippen LogP contribution in [-0.2, 0) is 0 Å². The van der Waals surface area contributed by atoms with Gasteiger partial charge < -0.3 is 10.5 Å². The third kappa shape index (κ3) is 2.98. The molecular formula is C15H13NO2. The van der Waals surface area contributed by atoms with Crippen LogP contribution < -0.4 is 10.5 Å². The first-order chi connectivity index (χ1) is 8.79. The first kappa shape index (κ1) is 11.9. The fourth-order valence-electron chi connectivity index (χ4n) is 1.50. The maximum Gasteiger partial charge on any atom is 0.343 e. The van der Waals surface area contributed by atoms with Crippen LogP contribution in [0.2, 0.25) is 0 Å². The van der Waals surface area contributed by atoms with E-state index >= 15 is 0 Å². The van der Waals surface area contributed by atoms with Crippen LogP contribution in [0.1, 0.15) is 15.9 Å². The maximum absolute atomic E-state index is 11.8. The minimum absolute atomic E-state index is 0.363. The molecule has 3 heteroatoms. The highest BCUT2D eigenvalue weighted by Crippen LogP contribution is 2.14. The zero-order chi connectivity index (χ0) is 12.8. The van der Waals surface area contributed by atoms with E-state index in [2.05, 4.69) is 0 Å². The Bertz CT molecular complexity index is 544. The molecule has 2 N–H and O–H groups in total. The van der Waals surface area contributed by atoms with Gasteiger partial charge in [-0.25, -0.2) is 4.79 Å². The van der Waals surface area contributed by atoms with Gasteiger partial charge in [-0.1, -0.05) is 30.3 Å². The highest BCUT2D eigenvalue weighted by molar-refractivity contribution is 5.90. The molecule has 0 heterocycles. The van der Waals surface area contributed by atoms with E-state index in [9.17, 15) is 4.79 Å². The molecule has 0 unspecified atom stereocenters. The Kier molecular flexibility index (Phi) is 3.76. The van der Waals surface area contributed by atoms with Gasteiger partial charge in [0.15, 0.2) is 0 Å². The largest absolute Gasteiger partial charge is 0.423 e. The van der Waals surface area contributed by atoms with E-state index in [0.29, 0.717) is 11.3 Å². The van der Waals surface area contributed by atoms with Gasteiger partial charge in [-0.2, -0.15) is 0 Å². The predicted octanol–water partition coefficient (Wildman–Crippen LogP) is 2.84. The second-order valence-electron chi connectivity index (χ2n) is 3.68. The number of hydrogen-bond donors (Lipinski definition) is 1. The quantitative estimate of drug-likeness (QED) is 0.662. The van der Waals surface area contributed by atoms with Crippen LogP contribution >= 0.6 is 0 Å². The smallest absolute Gasteiger partial charge is 0.343 e. The SMILES string of the molecule is NC=Cc1ccc(OC(=O)c2ccccc2)cc1. The van der Waals surface area contributed by atoms with Gasteiger partial charge in [-0.3, -0.25) is 0 Å². The molecule has 0 saturated heterocycles. The van der Waals surface area contributed by atoms with Gasteiger partial charge in [-0.15, -0.1) is 0 Å². The maximum atomic E-state index is 11.8. The molecule has 18 heavy (non-hydrogen) atoms. The van der Waals surface area contributed by atoms with Gasteiger partial charge in [-0.05, 0) is 42.1 Å². The topological polar surface area (TPSA) is 52.3 Å². The molecule has 90 valence electrons. The number of benzene rings is 2. The normalized spacial score (nSPS) is 10.4. The van der Waals surface area contributed by atoms with E-state index < -0.39 is 0 Å². The molecule has 0 fully saturated rings. The molecule has 0 spiro atoms. The lowest BCUT2D eigenvalue weighted by atomic mass is 10.2. The van der Waals surface area contributed by atoms with Gasteiger partial charge in [0.25, 0.3) is 0 Å². The molecule has 2 aromatic rings. The summed E-state index contributed by atoms with van der Waals surface area (Å²) in [5.74, 6) is 0.149. The van der Waals surface area contributed by atoms with Crippen molar-refractivity contribution in [2.75, 3.05) is 0 Å². The minimum Gasteiger partial charge on any atom is -0.423 e. The van der Waals surface area contributed by atoms with Crippen molar-refractivity contribution in [3.05, 3.63) is 71.9 Å². The Hall–Kier alpha value is -2.55. The molecule has 0 bridgehead atoms. The van der Waals surface area contributed by atoms with Crippen molar-refractivity contribution in [3.63, 3.8) is 0 Å². The molecule has 0 aliphatic rings.